The minimum Gasteiger partial charge on any atom is -0.383 e. The average Bonchev–Trinajstić information content (AvgIpc) is 2.56. The van der Waals surface area contributed by atoms with Crippen molar-refractivity contribution in [1.29, 1.82) is 5.26 Å². The summed E-state index contributed by atoms with van der Waals surface area (Å²) in [5.41, 5.74) is 0. The molecule has 0 N–H and O–H groups in total. The van der Waals surface area contributed by atoms with E-state index in [1.54, 1.807) is 7.11 Å². The summed E-state index contributed by atoms with van der Waals surface area (Å²) in [7, 11) is 1.75. The molecule has 1 aliphatic rings. The first-order valence-electron chi connectivity index (χ1n) is 6.88. The summed E-state index contributed by atoms with van der Waals surface area (Å²) in [6.45, 7) is 6.15. The highest BCUT2D eigenvalue weighted by molar-refractivity contribution is 4.95. The molecule has 3 atom stereocenters. The molecule has 0 amide bonds. The molecule has 1 aliphatic carbocycles. The molecule has 0 aliphatic heterocycles. The van der Waals surface area contributed by atoms with Crippen molar-refractivity contribution in [2.45, 2.75) is 58.0 Å². The maximum absolute atomic E-state index is 9.33. The predicted octanol–water partition coefficient (Wildman–Crippen LogP) is 2.82. The summed E-state index contributed by atoms with van der Waals surface area (Å²) in [6.07, 6.45) is 5.99. The van der Waals surface area contributed by atoms with E-state index in [1.807, 2.05) is 0 Å². The molecular formula is C14H26N2O. The van der Waals surface area contributed by atoms with Crippen molar-refractivity contribution >= 4 is 0 Å². The molecule has 3 unspecified atom stereocenters. The Morgan fingerprint density at radius 2 is 2.06 bits per heavy atom. The molecule has 1 saturated carbocycles. The molecule has 3 nitrogen and oxygen atoms in total. The van der Waals surface area contributed by atoms with Crippen LogP contribution in [-0.4, -0.2) is 37.2 Å². The van der Waals surface area contributed by atoms with E-state index in [2.05, 4.69) is 24.8 Å². The molecule has 0 bridgehead atoms. The van der Waals surface area contributed by atoms with Crippen molar-refractivity contribution in [3.05, 3.63) is 0 Å². The van der Waals surface area contributed by atoms with Crippen molar-refractivity contribution in [3.8, 4) is 6.07 Å². The molecule has 0 radical (unpaired) electrons. The molecule has 0 aromatic carbocycles. The summed E-state index contributed by atoms with van der Waals surface area (Å²) in [5, 5.41) is 9.33. The number of nitrogens with zero attached hydrogens (tertiary/aromatic N) is 2. The van der Waals surface area contributed by atoms with Crippen LogP contribution in [0.25, 0.3) is 0 Å². The number of methoxy groups -OCH3 is 1. The maximum Gasteiger partial charge on any atom is 0.0672 e. The third kappa shape index (κ3) is 3.97. The average molecular weight is 238 g/mol. The fourth-order valence-electron chi connectivity index (χ4n) is 3.05. The van der Waals surface area contributed by atoms with E-state index in [0.29, 0.717) is 12.1 Å². The van der Waals surface area contributed by atoms with Crippen LogP contribution in [0, 0.1) is 17.2 Å². The second kappa shape index (κ2) is 7.68. The van der Waals surface area contributed by atoms with Gasteiger partial charge in [-0.3, -0.25) is 4.90 Å². The Kier molecular flexibility index (Phi) is 6.54. The minimum atomic E-state index is 0.205. The molecule has 3 heteroatoms. The first-order valence-corrected chi connectivity index (χ1v) is 6.88. The van der Waals surface area contributed by atoms with Gasteiger partial charge in [-0.25, -0.2) is 0 Å². The first kappa shape index (κ1) is 14.5. The van der Waals surface area contributed by atoms with E-state index in [0.717, 1.165) is 19.6 Å². The highest BCUT2D eigenvalue weighted by atomic mass is 16.5. The minimum absolute atomic E-state index is 0.205. The van der Waals surface area contributed by atoms with E-state index in [1.165, 1.54) is 25.7 Å². The lowest BCUT2D eigenvalue weighted by atomic mass is 9.93. The third-order valence-corrected chi connectivity index (χ3v) is 3.91. The van der Waals surface area contributed by atoms with Gasteiger partial charge in [0.2, 0.25) is 0 Å². The summed E-state index contributed by atoms with van der Waals surface area (Å²) < 4.78 is 5.25. The van der Waals surface area contributed by atoms with Crippen molar-refractivity contribution in [2.75, 3.05) is 20.3 Å². The topological polar surface area (TPSA) is 36.3 Å². The van der Waals surface area contributed by atoms with Gasteiger partial charge in [0.15, 0.2) is 0 Å². The molecule has 0 aromatic rings. The maximum atomic E-state index is 9.33. The molecule has 98 valence electrons. The summed E-state index contributed by atoms with van der Waals surface area (Å²) in [4.78, 5) is 2.46. The fourth-order valence-corrected chi connectivity index (χ4v) is 3.05. The number of ether oxygens (including phenoxy) is 1. The fraction of sp³-hybridized carbons (Fsp3) is 0.929. The molecule has 0 saturated heterocycles. The van der Waals surface area contributed by atoms with Gasteiger partial charge in [-0.15, -0.1) is 0 Å². The summed E-state index contributed by atoms with van der Waals surface area (Å²) in [5.74, 6) is 0.205. The van der Waals surface area contributed by atoms with Gasteiger partial charge in [0.05, 0.1) is 18.6 Å². The van der Waals surface area contributed by atoms with Crippen LogP contribution in [0.2, 0.25) is 0 Å². The van der Waals surface area contributed by atoms with E-state index < -0.39 is 0 Å². The number of rotatable bonds is 5. The third-order valence-electron chi connectivity index (χ3n) is 3.91. The van der Waals surface area contributed by atoms with Gasteiger partial charge < -0.3 is 4.74 Å². The second-order valence-corrected chi connectivity index (χ2v) is 5.08. The lowest BCUT2D eigenvalue weighted by molar-refractivity contribution is 0.0569. The van der Waals surface area contributed by atoms with Gasteiger partial charge >= 0.3 is 0 Å². The van der Waals surface area contributed by atoms with Gasteiger partial charge in [0, 0.05) is 19.2 Å². The van der Waals surface area contributed by atoms with Crippen LogP contribution in [0.1, 0.15) is 46.0 Å². The van der Waals surface area contributed by atoms with Crippen molar-refractivity contribution in [1.82, 2.24) is 4.90 Å². The Hall–Kier alpha value is -0.590. The van der Waals surface area contributed by atoms with Crippen molar-refractivity contribution < 1.29 is 4.74 Å². The van der Waals surface area contributed by atoms with E-state index in [-0.39, 0.29) is 5.92 Å². The van der Waals surface area contributed by atoms with Crippen LogP contribution in [0.3, 0.4) is 0 Å². The molecule has 0 heterocycles. The SMILES string of the molecule is CCN(C(C)COC)C1CCCCCC1C#N. The second-order valence-electron chi connectivity index (χ2n) is 5.08. The lowest BCUT2D eigenvalue weighted by Crippen LogP contribution is -2.46. The summed E-state index contributed by atoms with van der Waals surface area (Å²) >= 11 is 0. The first-order chi connectivity index (χ1) is 8.24. The van der Waals surface area contributed by atoms with Gasteiger partial charge in [-0.1, -0.05) is 26.2 Å². The zero-order valence-electron chi connectivity index (χ0n) is 11.5. The quantitative estimate of drug-likeness (QED) is 0.691. The Morgan fingerprint density at radius 3 is 2.65 bits per heavy atom. The van der Waals surface area contributed by atoms with Crippen LogP contribution in [0.4, 0.5) is 0 Å². The zero-order valence-corrected chi connectivity index (χ0v) is 11.5. The lowest BCUT2D eigenvalue weighted by Gasteiger charge is -2.37. The molecule has 0 aromatic heterocycles. The van der Waals surface area contributed by atoms with Gasteiger partial charge in [-0.2, -0.15) is 5.26 Å². The Balaban J connectivity index is 2.72. The van der Waals surface area contributed by atoms with Crippen LogP contribution in [0.5, 0.6) is 0 Å². The van der Waals surface area contributed by atoms with E-state index >= 15 is 0 Å². The van der Waals surface area contributed by atoms with Gasteiger partial charge in [0.1, 0.15) is 0 Å². The molecule has 1 rings (SSSR count). The van der Waals surface area contributed by atoms with Gasteiger partial charge in [0.25, 0.3) is 0 Å². The monoisotopic (exact) mass is 238 g/mol. The number of hydrogen-bond acceptors (Lipinski definition) is 3. The van der Waals surface area contributed by atoms with Crippen LogP contribution >= 0.6 is 0 Å². The molecule has 0 spiro atoms. The summed E-state index contributed by atoms with van der Waals surface area (Å²) in [6, 6.07) is 3.36. The number of nitriles is 1. The number of hydrogen-bond donors (Lipinski definition) is 0. The Morgan fingerprint density at radius 1 is 1.35 bits per heavy atom. The van der Waals surface area contributed by atoms with Crippen LogP contribution in [-0.2, 0) is 4.74 Å². The highest BCUT2D eigenvalue weighted by Crippen LogP contribution is 2.28. The van der Waals surface area contributed by atoms with Crippen LogP contribution in [0.15, 0.2) is 0 Å². The smallest absolute Gasteiger partial charge is 0.0672 e. The normalized spacial score (nSPS) is 27.5. The largest absolute Gasteiger partial charge is 0.383 e. The Bertz CT molecular complexity index is 249. The van der Waals surface area contributed by atoms with Crippen molar-refractivity contribution in [2.24, 2.45) is 5.92 Å². The van der Waals surface area contributed by atoms with Gasteiger partial charge in [-0.05, 0) is 26.3 Å². The van der Waals surface area contributed by atoms with E-state index in [4.69, 9.17) is 4.74 Å². The van der Waals surface area contributed by atoms with E-state index in [9.17, 15) is 5.26 Å². The standard InChI is InChI=1S/C14H26N2O/c1-4-16(12(2)11-17-3)14-9-7-5-6-8-13(14)10-15/h12-14H,4-9,11H2,1-3H3. The van der Waals surface area contributed by atoms with Crippen molar-refractivity contribution in [3.63, 3.8) is 0 Å². The Labute approximate surface area is 106 Å². The molecule has 1 fully saturated rings. The molecule has 17 heavy (non-hydrogen) atoms. The number of likely N-dealkylation sites (N-methyl/N-ethyl adjacent to an activating group) is 1. The van der Waals surface area contributed by atoms with Crippen LogP contribution < -0.4 is 0 Å². The molecular weight excluding hydrogens is 212 g/mol. The highest BCUT2D eigenvalue weighted by Gasteiger charge is 2.30. The zero-order chi connectivity index (χ0) is 12.7. The predicted molar refractivity (Wildman–Crippen MR) is 69.7 cm³/mol.